The van der Waals surface area contributed by atoms with E-state index in [1.54, 1.807) is 49.9 Å². The number of urea groups is 1. The van der Waals surface area contributed by atoms with Gasteiger partial charge in [0.05, 0.1) is 13.7 Å². The van der Waals surface area contributed by atoms with Crippen molar-refractivity contribution in [2.45, 2.75) is 26.3 Å². The molecule has 2 aliphatic heterocycles. The van der Waals surface area contributed by atoms with E-state index in [2.05, 4.69) is 10.7 Å². The SMILES string of the molecule is CCN(CC)S(=O)(=O)N1CCN(CC(=O)NN2C(=O)NC(C)(c3cccc(OC)c3)C2=O)CC1. The van der Waals surface area contributed by atoms with Gasteiger partial charge < -0.3 is 10.1 Å². The average Bonchev–Trinajstić information content (AvgIpc) is 3.04. The van der Waals surface area contributed by atoms with Gasteiger partial charge in [0, 0.05) is 39.3 Å². The topological polar surface area (TPSA) is 132 Å². The normalized spacial score (nSPS) is 22.2. The number of carbonyl (C=O) groups is 3. The van der Waals surface area contributed by atoms with E-state index in [0.29, 0.717) is 42.5 Å². The lowest BCUT2D eigenvalue weighted by molar-refractivity contribution is -0.139. The van der Waals surface area contributed by atoms with Crippen molar-refractivity contribution in [2.24, 2.45) is 0 Å². The number of rotatable bonds is 9. The maximum absolute atomic E-state index is 13.0. The Morgan fingerprint density at radius 3 is 2.41 bits per heavy atom. The molecule has 1 atom stereocenters. The first-order valence-electron chi connectivity index (χ1n) is 11.1. The first kappa shape index (κ1) is 25.9. The molecule has 1 unspecified atom stereocenters. The number of piperazine rings is 1. The van der Waals surface area contributed by atoms with Crippen LogP contribution in [0.2, 0.25) is 0 Å². The molecule has 12 nitrogen and oxygen atoms in total. The van der Waals surface area contributed by atoms with Crippen molar-refractivity contribution in [1.82, 2.24) is 29.3 Å². The second-order valence-corrected chi connectivity index (χ2v) is 10.2. The van der Waals surface area contributed by atoms with Crippen molar-refractivity contribution in [1.29, 1.82) is 0 Å². The lowest BCUT2D eigenvalue weighted by Crippen LogP contribution is -2.56. The molecule has 2 aliphatic rings. The van der Waals surface area contributed by atoms with Gasteiger partial charge >= 0.3 is 6.03 Å². The summed E-state index contributed by atoms with van der Waals surface area (Å²) in [7, 11) is -2.03. The Kier molecular flexibility index (Phi) is 7.81. The van der Waals surface area contributed by atoms with Gasteiger partial charge in [-0.2, -0.15) is 22.0 Å². The van der Waals surface area contributed by atoms with Crippen LogP contribution in [0.3, 0.4) is 0 Å². The van der Waals surface area contributed by atoms with Gasteiger partial charge in [0.1, 0.15) is 11.3 Å². The zero-order valence-electron chi connectivity index (χ0n) is 19.9. The number of nitrogens with one attached hydrogen (secondary N) is 2. The van der Waals surface area contributed by atoms with Crippen LogP contribution < -0.4 is 15.5 Å². The molecule has 3 rings (SSSR count). The summed E-state index contributed by atoms with van der Waals surface area (Å²) in [6, 6.07) is 6.03. The van der Waals surface area contributed by atoms with Crippen LogP contribution in [0.5, 0.6) is 5.75 Å². The summed E-state index contributed by atoms with van der Waals surface area (Å²) in [4.78, 5) is 39.9. The Balaban J connectivity index is 1.58. The van der Waals surface area contributed by atoms with Crippen molar-refractivity contribution in [2.75, 3.05) is 52.9 Å². The van der Waals surface area contributed by atoms with Crippen molar-refractivity contribution in [3.8, 4) is 5.75 Å². The summed E-state index contributed by atoms with van der Waals surface area (Å²) >= 11 is 0. The number of benzene rings is 1. The molecule has 1 aromatic carbocycles. The Hall–Kier alpha value is -2.74. The fourth-order valence-electron chi connectivity index (χ4n) is 4.07. The number of carbonyl (C=O) groups excluding carboxylic acids is 3. The predicted molar refractivity (Wildman–Crippen MR) is 124 cm³/mol. The highest BCUT2D eigenvalue weighted by atomic mass is 32.2. The predicted octanol–water partition coefficient (Wildman–Crippen LogP) is -0.302. The van der Waals surface area contributed by atoms with Crippen LogP contribution in [0, 0.1) is 0 Å². The molecule has 0 spiro atoms. The second kappa shape index (κ2) is 10.3. The van der Waals surface area contributed by atoms with Crippen LogP contribution in [0.1, 0.15) is 26.3 Å². The Bertz CT molecular complexity index is 1040. The van der Waals surface area contributed by atoms with E-state index in [1.807, 2.05) is 0 Å². The minimum absolute atomic E-state index is 0.0773. The Morgan fingerprint density at radius 1 is 1.18 bits per heavy atom. The summed E-state index contributed by atoms with van der Waals surface area (Å²) in [5.41, 5.74) is 1.54. The maximum atomic E-state index is 13.0. The monoisotopic (exact) mass is 496 g/mol. The van der Waals surface area contributed by atoms with Gasteiger partial charge in [0.2, 0.25) is 0 Å². The number of imide groups is 1. The highest BCUT2D eigenvalue weighted by molar-refractivity contribution is 7.86. The van der Waals surface area contributed by atoms with Crippen molar-refractivity contribution >= 4 is 28.1 Å². The van der Waals surface area contributed by atoms with Gasteiger partial charge in [-0.1, -0.05) is 26.0 Å². The van der Waals surface area contributed by atoms with Crippen LogP contribution in [-0.2, 0) is 25.3 Å². The highest BCUT2D eigenvalue weighted by Crippen LogP contribution is 2.30. The molecule has 2 heterocycles. The summed E-state index contributed by atoms with van der Waals surface area (Å²) in [5, 5.41) is 3.31. The molecule has 0 bridgehead atoms. The molecule has 188 valence electrons. The first-order chi connectivity index (χ1) is 16.1. The third-order valence-corrected chi connectivity index (χ3v) is 8.32. The number of methoxy groups -OCH3 is 1. The maximum Gasteiger partial charge on any atom is 0.344 e. The van der Waals surface area contributed by atoms with E-state index in [9.17, 15) is 22.8 Å². The van der Waals surface area contributed by atoms with E-state index in [0.717, 1.165) is 0 Å². The number of nitrogens with zero attached hydrogens (tertiary/aromatic N) is 4. The van der Waals surface area contributed by atoms with Crippen LogP contribution in [0.15, 0.2) is 24.3 Å². The lowest BCUT2D eigenvalue weighted by atomic mass is 9.92. The van der Waals surface area contributed by atoms with Gasteiger partial charge in [0.25, 0.3) is 22.0 Å². The van der Waals surface area contributed by atoms with Gasteiger partial charge in [-0.25, -0.2) is 4.79 Å². The van der Waals surface area contributed by atoms with E-state index in [-0.39, 0.29) is 19.6 Å². The van der Waals surface area contributed by atoms with E-state index in [1.165, 1.54) is 15.7 Å². The average molecular weight is 497 g/mol. The number of hydrogen-bond donors (Lipinski definition) is 2. The number of hydrazine groups is 1. The molecule has 13 heteroatoms. The molecule has 2 N–H and O–H groups in total. The summed E-state index contributed by atoms with van der Waals surface area (Å²) in [5.74, 6) is -0.627. The Morgan fingerprint density at radius 2 is 1.82 bits per heavy atom. The molecule has 34 heavy (non-hydrogen) atoms. The third-order valence-electron chi connectivity index (χ3n) is 6.13. The van der Waals surface area contributed by atoms with Crippen LogP contribution in [0.25, 0.3) is 0 Å². The van der Waals surface area contributed by atoms with Gasteiger partial charge in [-0.05, 0) is 24.6 Å². The van der Waals surface area contributed by atoms with Crippen molar-refractivity contribution < 1.29 is 27.5 Å². The minimum Gasteiger partial charge on any atom is -0.497 e. The lowest BCUT2D eigenvalue weighted by Gasteiger charge is -2.36. The highest BCUT2D eigenvalue weighted by Gasteiger charge is 2.50. The molecule has 0 radical (unpaired) electrons. The quantitative estimate of drug-likeness (QED) is 0.449. The molecule has 0 aromatic heterocycles. The number of ether oxygens (including phenoxy) is 1. The Labute approximate surface area is 199 Å². The van der Waals surface area contributed by atoms with Crippen LogP contribution >= 0.6 is 0 Å². The third kappa shape index (κ3) is 5.02. The van der Waals surface area contributed by atoms with E-state index < -0.39 is 33.6 Å². The van der Waals surface area contributed by atoms with Crippen LogP contribution in [0.4, 0.5) is 4.79 Å². The van der Waals surface area contributed by atoms with Gasteiger partial charge in [-0.3, -0.25) is 19.9 Å². The largest absolute Gasteiger partial charge is 0.497 e. The molecule has 4 amide bonds. The molecular weight excluding hydrogens is 464 g/mol. The summed E-state index contributed by atoms with van der Waals surface area (Å²) in [6.45, 7) is 7.06. The fraction of sp³-hybridized carbons (Fsp3) is 0.571. The van der Waals surface area contributed by atoms with Crippen molar-refractivity contribution in [3.63, 3.8) is 0 Å². The van der Waals surface area contributed by atoms with E-state index in [4.69, 9.17) is 4.74 Å². The number of hydrogen-bond acceptors (Lipinski definition) is 7. The zero-order chi connectivity index (χ0) is 25.1. The zero-order valence-corrected chi connectivity index (χ0v) is 20.7. The molecule has 2 saturated heterocycles. The van der Waals surface area contributed by atoms with Crippen molar-refractivity contribution in [3.05, 3.63) is 29.8 Å². The molecule has 0 aliphatic carbocycles. The number of amides is 4. The second-order valence-electron chi connectivity index (χ2n) is 8.23. The standard InChI is InChI=1S/C21H32N6O6S/c1-5-25(6-2)34(31,32)26-12-10-24(11-13-26)15-18(28)23-27-19(29)21(3,22-20(27)30)16-8-7-9-17(14-16)33-4/h7-9,14H,5-6,10-13,15H2,1-4H3,(H,22,30)(H,23,28). The van der Waals surface area contributed by atoms with E-state index >= 15 is 0 Å². The van der Waals surface area contributed by atoms with Gasteiger partial charge in [0.15, 0.2) is 0 Å². The first-order valence-corrected chi connectivity index (χ1v) is 12.5. The fourth-order valence-corrected chi connectivity index (χ4v) is 5.67. The molecule has 0 saturated carbocycles. The minimum atomic E-state index is -3.53. The summed E-state index contributed by atoms with van der Waals surface area (Å²) < 4.78 is 33.3. The van der Waals surface area contributed by atoms with Gasteiger partial charge in [-0.15, -0.1) is 0 Å². The molecule has 2 fully saturated rings. The summed E-state index contributed by atoms with van der Waals surface area (Å²) in [6.07, 6.45) is 0. The van der Waals surface area contributed by atoms with Crippen LogP contribution in [-0.4, -0.2) is 97.7 Å². The smallest absolute Gasteiger partial charge is 0.344 e. The molecular formula is C21H32N6O6S. The molecule has 1 aromatic rings.